The predicted molar refractivity (Wildman–Crippen MR) is 112 cm³/mol. The summed E-state index contributed by atoms with van der Waals surface area (Å²) in [4.78, 5) is 15.7. The Labute approximate surface area is 189 Å². The second-order valence-corrected chi connectivity index (χ2v) is 7.39. The molecule has 11 heteroatoms. The molecule has 180 valence electrons. The Morgan fingerprint density at radius 2 is 1.65 bits per heavy atom. The van der Waals surface area contributed by atoms with Crippen LogP contribution in [-0.4, -0.2) is 17.1 Å². The van der Waals surface area contributed by atoms with Gasteiger partial charge in [0.25, 0.3) is 0 Å². The maximum atomic E-state index is 13.9. The lowest BCUT2D eigenvalue weighted by atomic mass is 9.96. The van der Waals surface area contributed by atoms with Gasteiger partial charge in [-0.3, -0.25) is 4.79 Å². The van der Waals surface area contributed by atoms with Gasteiger partial charge in [-0.2, -0.15) is 26.3 Å². The van der Waals surface area contributed by atoms with E-state index in [1.807, 2.05) is 0 Å². The van der Waals surface area contributed by atoms with E-state index in [4.69, 9.17) is 0 Å². The number of amides is 1. The molecule has 34 heavy (non-hydrogen) atoms. The Hall–Kier alpha value is -3.63. The first-order valence-corrected chi connectivity index (χ1v) is 9.89. The molecule has 0 aliphatic carbocycles. The van der Waals surface area contributed by atoms with E-state index in [0.717, 1.165) is 6.07 Å². The number of nitrogens with one attached hydrogen (secondary N) is 2. The van der Waals surface area contributed by atoms with E-state index in [-0.39, 0.29) is 22.6 Å². The summed E-state index contributed by atoms with van der Waals surface area (Å²) in [5, 5.41) is 5.11. The molecular weight excluding hydrogens is 467 g/mol. The van der Waals surface area contributed by atoms with Gasteiger partial charge in [0.05, 0.1) is 17.3 Å². The van der Waals surface area contributed by atoms with Crippen molar-refractivity contribution in [3.05, 3.63) is 77.7 Å². The highest BCUT2D eigenvalue weighted by molar-refractivity contribution is 5.93. The highest BCUT2D eigenvalue weighted by Crippen LogP contribution is 2.39. The summed E-state index contributed by atoms with van der Waals surface area (Å²) < 4.78 is 91.1. The summed E-state index contributed by atoms with van der Waals surface area (Å²) >= 11 is 0. The number of hydrogen-bond donors (Lipinski definition) is 2. The zero-order chi connectivity index (χ0) is 25.1. The Kier molecular flexibility index (Phi) is 7.13. The first-order valence-electron chi connectivity index (χ1n) is 9.89. The molecule has 1 atom stereocenters. The van der Waals surface area contributed by atoms with Gasteiger partial charge in [-0.25, -0.2) is 9.37 Å². The maximum absolute atomic E-state index is 13.9. The number of halogens is 7. The standard InChI is InChI=1S/C23H18F7N3O/c1-13(32-21-18(6-3-11-31-21)33-19(34)12-22(25,26)27)14-7-9-15(10-8-14)16-4-2-5-17(24)20(16)23(28,29)30/h2-11,13H,12H2,1H3,(H,31,32)(H,33,34). The zero-order valence-electron chi connectivity index (χ0n) is 17.6. The number of anilines is 2. The Morgan fingerprint density at radius 1 is 0.971 bits per heavy atom. The number of carbonyl (C=O) groups is 1. The van der Waals surface area contributed by atoms with Gasteiger partial charge in [0, 0.05) is 6.20 Å². The van der Waals surface area contributed by atoms with Crippen LogP contribution < -0.4 is 10.6 Å². The fourth-order valence-corrected chi connectivity index (χ4v) is 3.29. The van der Waals surface area contributed by atoms with Crippen molar-refractivity contribution < 1.29 is 35.5 Å². The average molecular weight is 485 g/mol. The molecule has 0 spiro atoms. The Balaban J connectivity index is 1.80. The monoisotopic (exact) mass is 485 g/mol. The lowest BCUT2D eigenvalue weighted by Gasteiger charge is -2.19. The minimum Gasteiger partial charge on any atom is -0.362 e. The lowest BCUT2D eigenvalue weighted by molar-refractivity contribution is -0.150. The van der Waals surface area contributed by atoms with Gasteiger partial charge in [0.15, 0.2) is 0 Å². The molecule has 0 saturated heterocycles. The van der Waals surface area contributed by atoms with Gasteiger partial charge in [-0.1, -0.05) is 36.4 Å². The van der Waals surface area contributed by atoms with E-state index < -0.39 is 42.1 Å². The van der Waals surface area contributed by atoms with Gasteiger partial charge in [-0.15, -0.1) is 0 Å². The summed E-state index contributed by atoms with van der Waals surface area (Å²) in [5.41, 5.74) is -0.872. The number of alkyl halides is 6. The van der Waals surface area contributed by atoms with Crippen molar-refractivity contribution in [1.82, 2.24) is 4.98 Å². The summed E-state index contributed by atoms with van der Waals surface area (Å²) in [6.45, 7) is 1.69. The number of carbonyl (C=O) groups excluding carboxylic acids is 1. The van der Waals surface area contributed by atoms with E-state index >= 15 is 0 Å². The third kappa shape index (κ3) is 6.24. The Morgan fingerprint density at radius 3 is 2.26 bits per heavy atom. The fraction of sp³-hybridized carbons (Fsp3) is 0.217. The van der Waals surface area contributed by atoms with Gasteiger partial charge >= 0.3 is 12.4 Å². The molecule has 3 rings (SSSR count). The summed E-state index contributed by atoms with van der Waals surface area (Å²) in [6.07, 6.45) is -9.82. The molecule has 4 nitrogen and oxygen atoms in total. The van der Waals surface area contributed by atoms with Gasteiger partial charge in [-0.05, 0) is 41.8 Å². The highest BCUT2D eigenvalue weighted by Gasteiger charge is 2.37. The van der Waals surface area contributed by atoms with Gasteiger partial charge in [0.2, 0.25) is 5.91 Å². The number of pyridine rings is 1. The van der Waals surface area contributed by atoms with Crippen molar-refractivity contribution >= 4 is 17.4 Å². The fourth-order valence-electron chi connectivity index (χ4n) is 3.29. The SMILES string of the molecule is CC(Nc1ncccc1NC(=O)CC(F)(F)F)c1ccc(-c2cccc(F)c2C(F)(F)F)cc1. The van der Waals surface area contributed by atoms with Gasteiger partial charge < -0.3 is 10.6 Å². The third-order valence-corrected chi connectivity index (χ3v) is 4.81. The van der Waals surface area contributed by atoms with Crippen LogP contribution in [0.3, 0.4) is 0 Å². The smallest absolute Gasteiger partial charge is 0.362 e. The molecule has 0 fully saturated rings. The van der Waals surface area contributed by atoms with Crippen LogP contribution in [0.1, 0.15) is 30.5 Å². The third-order valence-electron chi connectivity index (χ3n) is 4.81. The quantitative estimate of drug-likeness (QED) is 0.371. The molecule has 1 aromatic heterocycles. The molecule has 2 N–H and O–H groups in total. The van der Waals surface area contributed by atoms with Crippen molar-refractivity contribution in [2.45, 2.75) is 31.7 Å². The maximum Gasteiger partial charge on any atom is 0.419 e. The second-order valence-electron chi connectivity index (χ2n) is 7.39. The molecule has 0 saturated carbocycles. The minimum absolute atomic E-state index is 0.0369. The highest BCUT2D eigenvalue weighted by atomic mass is 19.4. The summed E-state index contributed by atoms with van der Waals surface area (Å²) in [7, 11) is 0. The molecule has 2 aromatic carbocycles. The van der Waals surface area contributed by atoms with E-state index in [9.17, 15) is 35.5 Å². The average Bonchev–Trinajstić information content (AvgIpc) is 2.73. The van der Waals surface area contributed by atoms with Crippen LogP contribution in [0, 0.1) is 5.82 Å². The zero-order valence-corrected chi connectivity index (χ0v) is 17.6. The number of benzene rings is 2. The van der Waals surface area contributed by atoms with Crippen LogP contribution in [0.5, 0.6) is 0 Å². The van der Waals surface area contributed by atoms with Crippen molar-refractivity contribution in [2.24, 2.45) is 0 Å². The lowest BCUT2D eigenvalue weighted by Crippen LogP contribution is -2.22. The van der Waals surface area contributed by atoms with E-state index in [2.05, 4.69) is 15.6 Å². The van der Waals surface area contributed by atoms with Crippen molar-refractivity contribution in [3.63, 3.8) is 0 Å². The van der Waals surface area contributed by atoms with Gasteiger partial charge in [0.1, 0.15) is 18.1 Å². The van der Waals surface area contributed by atoms with Crippen LogP contribution in [-0.2, 0) is 11.0 Å². The summed E-state index contributed by atoms with van der Waals surface area (Å²) in [5.74, 6) is -2.52. The molecule has 0 radical (unpaired) electrons. The van der Waals surface area contributed by atoms with Crippen molar-refractivity contribution in [2.75, 3.05) is 10.6 Å². The molecule has 3 aromatic rings. The molecule has 1 heterocycles. The first-order chi connectivity index (χ1) is 15.8. The first kappa shape index (κ1) is 25.0. The van der Waals surface area contributed by atoms with Crippen LogP contribution >= 0.6 is 0 Å². The van der Waals surface area contributed by atoms with Crippen LogP contribution in [0.4, 0.5) is 42.2 Å². The number of nitrogens with zero attached hydrogens (tertiary/aromatic N) is 1. The van der Waals surface area contributed by atoms with Crippen molar-refractivity contribution in [1.29, 1.82) is 0 Å². The molecular formula is C23H18F7N3O. The van der Waals surface area contributed by atoms with E-state index in [1.54, 1.807) is 6.92 Å². The molecule has 1 amide bonds. The van der Waals surface area contributed by atoms with Crippen LogP contribution in [0.15, 0.2) is 60.8 Å². The molecule has 1 unspecified atom stereocenters. The molecule has 0 aliphatic rings. The summed E-state index contributed by atoms with van der Waals surface area (Å²) in [6, 6.07) is 11.3. The largest absolute Gasteiger partial charge is 0.419 e. The van der Waals surface area contributed by atoms with E-state index in [1.165, 1.54) is 54.7 Å². The van der Waals surface area contributed by atoms with E-state index in [0.29, 0.717) is 5.56 Å². The molecule has 0 bridgehead atoms. The molecule has 0 aliphatic heterocycles. The normalized spacial score (nSPS) is 12.8. The second kappa shape index (κ2) is 9.70. The number of hydrogen-bond acceptors (Lipinski definition) is 3. The van der Waals surface area contributed by atoms with Crippen molar-refractivity contribution in [3.8, 4) is 11.1 Å². The number of aromatic nitrogens is 1. The Bertz CT molecular complexity index is 1160. The van der Waals surface area contributed by atoms with Crippen LogP contribution in [0.2, 0.25) is 0 Å². The predicted octanol–water partition coefficient (Wildman–Crippen LogP) is 6.97. The van der Waals surface area contributed by atoms with Crippen LogP contribution in [0.25, 0.3) is 11.1 Å². The topological polar surface area (TPSA) is 54.0 Å². The number of rotatable bonds is 6. The minimum atomic E-state index is -4.87.